The lowest BCUT2D eigenvalue weighted by molar-refractivity contribution is 0.317. The molecular formula is C18H20N4O3. The van der Waals surface area contributed by atoms with Gasteiger partial charge in [-0.1, -0.05) is 19.9 Å². The van der Waals surface area contributed by atoms with Crippen LogP contribution in [0.2, 0.25) is 0 Å². The molecule has 1 aromatic heterocycles. The van der Waals surface area contributed by atoms with Gasteiger partial charge in [0.05, 0.1) is 18.1 Å². The minimum absolute atomic E-state index is 0.0350. The molecule has 25 heavy (non-hydrogen) atoms. The first-order chi connectivity index (χ1) is 12.0. The molecule has 2 aromatic rings. The van der Waals surface area contributed by atoms with Crippen molar-refractivity contribution < 1.29 is 14.6 Å². The van der Waals surface area contributed by atoms with Crippen LogP contribution in [0.3, 0.4) is 0 Å². The van der Waals surface area contributed by atoms with Crippen molar-refractivity contribution in [2.75, 3.05) is 6.61 Å². The number of aromatic hydroxyl groups is 1. The Morgan fingerprint density at radius 3 is 2.88 bits per heavy atom. The summed E-state index contributed by atoms with van der Waals surface area (Å²) in [5.74, 6) is 0.530. The number of H-pyrrole nitrogens is 1. The van der Waals surface area contributed by atoms with Crippen molar-refractivity contribution in [1.82, 2.24) is 10.2 Å². The summed E-state index contributed by atoms with van der Waals surface area (Å²) in [6.07, 6.45) is 0. The summed E-state index contributed by atoms with van der Waals surface area (Å²) in [4.78, 5) is 0. The van der Waals surface area contributed by atoms with E-state index in [9.17, 15) is 10.4 Å². The fraction of sp³-hybridized carbons (Fsp3) is 0.333. The molecule has 7 nitrogen and oxygen atoms in total. The third kappa shape index (κ3) is 2.76. The number of rotatable bonds is 4. The Morgan fingerprint density at radius 2 is 2.24 bits per heavy atom. The van der Waals surface area contributed by atoms with Crippen LogP contribution in [-0.2, 0) is 0 Å². The number of hydrogen-bond donors (Lipinski definition) is 3. The van der Waals surface area contributed by atoms with E-state index < -0.39 is 5.92 Å². The van der Waals surface area contributed by atoms with Crippen LogP contribution in [0.25, 0.3) is 0 Å². The SMILES string of the molecule is CCOc1cc(C2C(C#N)=C(N)Oc3n[nH]c(C(C)C)c32)ccc1O. The van der Waals surface area contributed by atoms with E-state index in [0.717, 1.165) is 16.8 Å². The summed E-state index contributed by atoms with van der Waals surface area (Å²) in [6, 6.07) is 7.17. The highest BCUT2D eigenvalue weighted by molar-refractivity contribution is 5.57. The number of fused-ring (bicyclic) bond motifs is 1. The van der Waals surface area contributed by atoms with Crippen LogP contribution >= 0.6 is 0 Å². The van der Waals surface area contributed by atoms with Gasteiger partial charge >= 0.3 is 0 Å². The standard InChI is InChI=1S/C18H20N4O3/c1-4-24-13-7-10(5-6-12(13)23)14-11(8-19)17(20)25-18-15(14)16(9(2)3)21-22-18/h5-7,9,14,23H,4,20H2,1-3H3,(H,21,22). The van der Waals surface area contributed by atoms with E-state index in [1.807, 2.05) is 20.8 Å². The molecule has 1 atom stereocenters. The number of nitrogens with two attached hydrogens (primary N) is 1. The molecule has 2 heterocycles. The summed E-state index contributed by atoms with van der Waals surface area (Å²) >= 11 is 0. The van der Waals surface area contributed by atoms with Crippen LogP contribution in [-0.4, -0.2) is 21.9 Å². The smallest absolute Gasteiger partial charge is 0.244 e. The molecule has 0 radical (unpaired) electrons. The Kier molecular flexibility index (Phi) is 4.28. The van der Waals surface area contributed by atoms with Gasteiger partial charge in [0.2, 0.25) is 11.8 Å². The van der Waals surface area contributed by atoms with Crippen molar-refractivity contribution in [3.8, 4) is 23.4 Å². The van der Waals surface area contributed by atoms with Gasteiger partial charge in [-0.2, -0.15) is 5.26 Å². The molecule has 0 fully saturated rings. The highest BCUT2D eigenvalue weighted by Gasteiger charge is 2.36. The molecule has 7 heteroatoms. The Hall–Kier alpha value is -3.14. The second-order valence-electron chi connectivity index (χ2n) is 6.10. The number of benzene rings is 1. The van der Waals surface area contributed by atoms with Crippen molar-refractivity contribution in [3.63, 3.8) is 0 Å². The number of hydrogen-bond acceptors (Lipinski definition) is 6. The van der Waals surface area contributed by atoms with Crippen LogP contribution in [0.4, 0.5) is 0 Å². The number of aromatic nitrogens is 2. The Bertz CT molecular complexity index is 877. The maximum absolute atomic E-state index is 9.97. The zero-order valence-corrected chi connectivity index (χ0v) is 14.3. The number of nitrogens with zero attached hydrogens (tertiary/aromatic N) is 2. The average molecular weight is 340 g/mol. The van der Waals surface area contributed by atoms with E-state index in [1.54, 1.807) is 18.2 Å². The van der Waals surface area contributed by atoms with E-state index in [2.05, 4.69) is 16.3 Å². The molecule has 1 aliphatic heterocycles. The van der Waals surface area contributed by atoms with Crippen molar-refractivity contribution in [1.29, 1.82) is 5.26 Å². The lowest BCUT2D eigenvalue weighted by atomic mass is 9.82. The van der Waals surface area contributed by atoms with Crippen LogP contribution < -0.4 is 15.2 Å². The summed E-state index contributed by atoms with van der Waals surface area (Å²) < 4.78 is 11.0. The molecule has 1 aliphatic rings. The van der Waals surface area contributed by atoms with Crippen LogP contribution in [0.1, 0.15) is 49.4 Å². The maximum Gasteiger partial charge on any atom is 0.244 e. The molecule has 0 bridgehead atoms. The zero-order valence-electron chi connectivity index (χ0n) is 14.3. The number of phenols is 1. The Balaban J connectivity index is 2.22. The Labute approximate surface area is 145 Å². The van der Waals surface area contributed by atoms with Gasteiger partial charge in [-0.25, -0.2) is 0 Å². The molecule has 0 saturated heterocycles. The fourth-order valence-corrected chi connectivity index (χ4v) is 3.02. The van der Waals surface area contributed by atoms with Crippen molar-refractivity contribution in [2.45, 2.75) is 32.6 Å². The number of nitriles is 1. The molecule has 1 unspecified atom stereocenters. The molecule has 0 aliphatic carbocycles. The second kappa shape index (κ2) is 6.40. The van der Waals surface area contributed by atoms with Gasteiger partial charge in [0, 0.05) is 5.69 Å². The van der Waals surface area contributed by atoms with Gasteiger partial charge in [0.1, 0.15) is 11.6 Å². The van der Waals surface area contributed by atoms with Crippen LogP contribution in [0.15, 0.2) is 29.7 Å². The van der Waals surface area contributed by atoms with E-state index in [0.29, 0.717) is 23.8 Å². The first-order valence-electron chi connectivity index (χ1n) is 8.09. The summed E-state index contributed by atoms with van der Waals surface area (Å²) in [5.41, 5.74) is 8.69. The van der Waals surface area contributed by atoms with Gasteiger partial charge in [0.15, 0.2) is 11.5 Å². The molecule has 130 valence electrons. The van der Waals surface area contributed by atoms with Crippen molar-refractivity contribution in [3.05, 3.63) is 46.5 Å². The lowest BCUT2D eigenvalue weighted by Crippen LogP contribution is -2.21. The van der Waals surface area contributed by atoms with E-state index in [1.165, 1.54) is 0 Å². The summed E-state index contributed by atoms with van der Waals surface area (Å²) in [6.45, 7) is 6.31. The predicted octanol–water partition coefficient (Wildman–Crippen LogP) is 2.86. The van der Waals surface area contributed by atoms with Gasteiger partial charge in [-0.15, -0.1) is 5.10 Å². The number of nitrogens with one attached hydrogen (secondary N) is 1. The number of allylic oxidation sites excluding steroid dienone is 1. The molecular weight excluding hydrogens is 320 g/mol. The minimum Gasteiger partial charge on any atom is -0.504 e. The average Bonchev–Trinajstić information content (AvgIpc) is 2.99. The molecule has 3 rings (SSSR count). The van der Waals surface area contributed by atoms with E-state index in [-0.39, 0.29) is 17.6 Å². The quantitative estimate of drug-likeness (QED) is 0.788. The normalized spacial score (nSPS) is 16.4. The number of ether oxygens (including phenoxy) is 2. The first-order valence-corrected chi connectivity index (χ1v) is 8.09. The fourth-order valence-electron chi connectivity index (χ4n) is 3.02. The first kappa shape index (κ1) is 16.7. The van der Waals surface area contributed by atoms with Crippen LogP contribution in [0.5, 0.6) is 17.4 Å². The molecule has 0 amide bonds. The number of phenolic OH excluding ortho intramolecular Hbond substituents is 1. The minimum atomic E-state index is -0.440. The summed E-state index contributed by atoms with van der Waals surface area (Å²) in [5, 5.41) is 26.8. The van der Waals surface area contributed by atoms with Crippen molar-refractivity contribution in [2.24, 2.45) is 5.73 Å². The third-order valence-corrected chi connectivity index (χ3v) is 4.16. The maximum atomic E-state index is 9.97. The largest absolute Gasteiger partial charge is 0.504 e. The van der Waals surface area contributed by atoms with Gasteiger partial charge < -0.3 is 20.3 Å². The summed E-state index contributed by atoms with van der Waals surface area (Å²) in [7, 11) is 0. The molecule has 0 spiro atoms. The monoisotopic (exact) mass is 340 g/mol. The van der Waals surface area contributed by atoms with Crippen molar-refractivity contribution >= 4 is 0 Å². The van der Waals surface area contributed by atoms with Gasteiger partial charge in [0.25, 0.3) is 0 Å². The van der Waals surface area contributed by atoms with E-state index in [4.69, 9.17) is 15.2 Å². The second-order valence-corrected chi connectivity index (χ2v) is 6.10. The predicted molar refractivity (Wildman–Crippen MR) is 91.2 cm³/mol. The zero-order chi connectivity index (χ0) is 18.1. The Morgan fingerprint density at radius 1 is 1.48 bits per heavy atom. The third-order valence-electron chi connectivity index (χ3n) is 4.16. The van der Waals surface area contributed by atoms with Crippen LogP contribution in [0, 0.1) is 11.3 Å². The molecule has 4 N–H and O–H groups in total. The lowest BCUT2D eigenvalue weighted by Gasteiger charge is -2.25. The van der Waals surface area contributed by atoms with E-state index >= 15 is 0 Å². The molecule has 1 aromatic carbocycles. The topological polar surface area (TPSA) is 117 Å². The highest BCUT2D eigenvalue weighted by Crippen LogP contribution is 2.45. The number of aromatic amines is 1. The highest BCUT2D eigenvalue weighted by atomic mass is 16.5. The molecule has 0 saturated carbocycles. The van der Waals surface area contributed by atoms with Gasteiger partial charge in [-0.05, 0) is 30.5 Å². The van der Waals surface area contributed by atoms with Gasteiger partial charge in [-0.3, -0.25) is 5.10 Å².